The fraction of sp³-hybridized carbons (Fsp3) is 0.0417. The van der Waals surface area contributed by atoms with Crippen molar-refractivity contribution in [2.75, 3.05) is 5.32 Å². The highest BCUT2D eigenvalue weighted by Gasteiger charge is 2.10. The van der Waals surface area contributed by atoms with Gasteiger partial charge in [0.15, 0.2) is 0 Å². The van der Waals surface area contributed by atoms with Crippen LogP contribution in [-0.4, -0.2) is 5.91 Å². The lowest BCUT2D eigenvalue weighted by Gasteiger charge is -2.08. The van der Waals surface area contributed by atoms with E-state index in [-0.39, 0.29) is 12.2 Å². The number of carbonyl (C=O) groups excluding carboxylic acids is 1. The molecule has 0 atom stereocenters. The first-order valence-corrected chi connectivity index (χ1v) is 8.98. The van der Waals surface area contributed by atoms with E-state index in [1.54, 1.807) is 42.5 Å². The SMILES string of the molecule is N#C/C(=C\c1cccc(OCc2cccc(C#N)c2)c1)C(=O)Nc1ccc(F)cc1. The Labute approximate surface area is 173 Å². The fourth-order valence-electron chi connectivity index (χ4n) is 2.64. The highest BCUT2D eigenvalue weighted by Crippen LogP contribution is 2.18. The number of anilines is 1. The zero-order valence-corrected chi connectivity index (χ0v) is 15.8. The summed E-state index contributed by atoms with van der Waals surface area (Å²) in [5.74, 6) is -0.452. The highest BCUT2D eigenvalue weighted by molar-refractivity contribution is 6.09. The van der Waals surface area contributed by atoms with Gasteiger partial charge in [0.25, 0.3) is 5.91 Å². The van der Waals surface area contributed by atoms with Crippen molar-refractivity contribution < 1.29 is 13.9 Å². The van der Waals surface area contributed by atoms with E-state index in [4.69, 9.17) is 10.00 Å². The average Bonchev–Trinajstić information content (AvgIpc) is 2.78. The number of halogens is 1. The number of nitrogens with one attached hydrogen (secondary N) is 1. The number of rotatable bonds is 6. The smallest absolute Gasteiger partial charge is 0.266 e. The van der Waals surface area contributed by atoms with E-state index in [1.807, 2.05) is 12.1 Å². The number of benzene rings is 3. The van der Waals surface area contributed by atoms with Gasteiger partial charge >= 0.3 is 0 Å². The Morgan fingerprint density at radius 1 is 1.03 bits per heavy atom. The quantitative estimate of drug-likeness (QED) is 0.477. The van der Waals surface area contributed by atoms with Gasteiger partial charge in [0.1, 0.15) is 29.8 Å². The predicted octanol–water partition coefficient (Wildman–Crippen LogP) is 4.82. The topological polar surface area (TPSA) is 85.9 Å². The standard InChI is InChI=1S/C24H16FN3O2/c25-21-7-9-22(10-8-21)28-24(29)20(15-27)12-17-3-2-6-23(13-17)30-16-19-5-1-4-18(11-19)14-26/h1-13H,16H2,(H,28,29)/b20-12+. The molecule has 0 saturated carbocycles. The van der Waals surface area contributed by atoms with Crippen molar-refractivity contribution in [2.24, 2.45) is 0 Å². The maximum Gasteiger partial charge on any atom is 0.266 e. The lowest BCUT2D eigenvalue weighted by molar-refractivity contribution is -0.112. The minimum Gasteiger partial charge on any atom is -0.489 e. The zero-order chi connectivity index (χ0) is 21.3. The van der Waals surface area contributed by atoms with Crippen molar-refractivity contribution in [2.45, 2.75) is 6.61 Å². The number of nitrogens with zero attached hydrogens (tertiary/aromatic N) is 2. The second-order valence-electron chi connectivity index (χ2n) is 6.30. The highest BCUT2D eigenvalue weighted by atomic mass is 19.1. The molecule has 0 radical (unpaired) electrons. The van der Waals surface area contributed by atoms with Gasteiger partial charge in [-0.2, -0.15) is 10.5 Å². The maximum absolute atomic E-state index is 13.0. The van der Waals surface area contributed by atoms with E-state index in [9.17, 15) is 14.4 Å². The molecule has 0 saturated heterocycles. The molecule has 5 nitrogen and oxygen atoms in total. The molecule has 3 aromatic rings. The third kappa shape index (κ3) is 5.54. The van der Waals surface area contributed by atoms with Crippen LogP contribution in [0.2, 0.25) is 0 Å². The fourth-order valence-corrected chi connectivity index (χ4v) is 2.64. The zero-order valence-electron chi connectivity index (χ0n) is 15.8. The number of ether oxygens (including phenoxy) is 1. The molecule has 0 heterocycles. The van der Waals surface area contributed by atoms with Gasteiger partial charge in [-0.25, -0.2) is 4.39 Å². The molecule has 0 unspecified atom stereocenters. The molecular weight excluding hydrogens is 381 g/mol. The average molecular weight is 397 g/mol. The summed E-state index contributed by atoms with van der Waals surface area (Å²) in [5, 5.41) is 20.9. The van der Waals surface area contributed by atoms with Crippen molar-refractivity contribution in [1.29, 1.82) is 10.5 Å². The molecule has 3 aromatic carbocycles. The molecule has 3 rings (SSSR count). The van der Waals surface area contributed by atoms with Crippen molar-refractivity contribution in [1.82, 2.24) is 0 Å². The monoisotopic (exact) mass is 397 g/mol. The van der Waals surface area contributed by atoms with Gasteiger partial charge in [-0.15, -0.1) is 0 Å². The molecule has 0 bridgehead atoms. The number of hydrogen-bond acceptors (Lipinski definition) is 4. The van der Waals surface area contributed by atoms with Gasteiger partial charge < -0.3 is 10.1 Å². The van der Waals surface area contributed by atoms with Crippen LogP contribution in [0, 0.1) is 28.5 Å². The summed E-state index contributed by atoms with van der Waals surface area (Å²) >= 11 is 0. The van der Waals surface area contributed by atoms with E-state index >= 15 is 0 Å². The van der Waals surface area contributed by atoms with E-state index in [2.05, 4.69) is 11.4 Å². The number of nitriles is 2. The lowest BCUT2D eigenvalue weighted by atomic mass is 10.1. The largest absolute Gasteiger partial charge is 0.489 e. The molecular formula is C24H16FN3O2. The summed E-state index contributed by atoms with van der Waals surface area (Å²) in [6.45, 7) is 0.277. The van der Waals surface area contributed by atoms with Crippen LogP contribution in [0.4, 0.5) is 10.1 Å². The van der Waals surface area contributed by atoms with Crippen LogP contribution in [0.5, 0.6) is 5.75 Å². The van der Waals surface area contributed by atoms with Crippen LogP contribution in [-0.2, 0) is 11.4 Å². The normalized spacial score (nSPS) is 10.6. The number of amides is 1. The van der Waals surface area contributed by atoms with E-state index < -0.39 is 11.7 Å². The minimum absolute atomic E-state index is 0.0989. The first-order chi connectivity index (χ1) is 14.6. The minimum atomic E-state index is -0.594. The third-order valence-corrected chi connectivity index (χ3v) is 4.10. The molecule has 0 aliphatic rings. The second kappa shape index (κ2) is 9.68. The predicted molar refractivity (Wildman–Crippen MR) is 111 cm³/mol. The number of hydrogen-bond donors (Lipinski definition) is 1. The van der Waals surface area contributed by atoms with Crippen LogP contribution in [0.15, 0.2) is 78.4 Å². The van der Waals surface area contributed by atoms with E-state index in [0.717, 1.165) is 5.56 Å². The van der Waals surface area contributed by atoms with Crippen LogP contribution >= 0.6 is 0 Å². The Morgan fingerprint density at radius 3 is 2.53 bits per heavy atom. The first-order valence-electron chi connectivity index (χ1n) is 8.98. The summed E-state index contributed by atoms with van der Waals surface area (Å²) in [6.07, 6.45) is 1.45. The summed E-state index contributed by atoms with van der Waals surface area (Å²) in [7, 11) is 0. The second-order valence-corrected chi connectivity index (χ2v) is 6.30. The molecule has 0 fully saturated rings. The van der Waals surface area contributed by atoms with Gasteiger partial charge in [-0.05, 0) is 65.7 Å². The van der Waals surface area contributed by atoms with Crippen LogP contribution in [0.1, 0.15) is 16.7 Å². The molecule has 1 N–H and O–H groups in total. The number of carbonyl (C=O) groups is 1. The Hall–Kier alpha value is -4.42. The maximum atomic E-state index is 13.0. The van der Waals surface area contributed by atoms with Crippen LogP contribution in [0.3, 0.4) is 0 Å². The molecule has 146 valence electrons. The van der Waals surface area contributed by atoms with Gasteiger partial charge in [-0.3, -0.25) is 4.79 Å². The Bertz CT molecular complexity index is 1170. The molecule has 0 spiro atoms. The Morgan fingerprint density at radius 2 is 1.80 bits per heavy atom. The van der Waals surface area contributed by atoms with E-state index in [0.29, 0.717) is 22.6 Å². The molecule has 0 aliphatic carbocycles. The van der Waals surface area contributed by atoms with Crippen LogP contribution in [0.25, 0.3) is 6.08 Å². The Balaban J connectivity index is 1.70. The molecule has 6 heteroatoms. The third-order valence-electron chi connectivity index (χ3n) is 4.10. The van der Waals surface area contributed by atoms with Crippen molar-refractivity contribution in [3.05, 3.63) is 101 Å². The van der Waals surface area contributed by atoms with Gasteiger partial charge in [-0.1, -0.05) is 24.3 Å². The molecule has 0 aliphatic heterocycles. The van der Waals surface area contributed by atoms with E-state index in [1.165, 1.54) is 30.3 Å². The van der Waals surface area contributed by atoms with Crippen molar-refractivity contribution in [3.8, 4) is 17.9 Å². The molecule has 30 heavy (non-hydrogen) atoms. The van der Waals surface area contributed by atoms with Gasteiger partial charge in [0, 0.05) is 5.69 Å². The van der Waals surface area contributed by atoms with Crippen molar-refractivity contribution in [3.63, 3.8) is 0 Å². The summed E-state index contributed by atoms with van der Waals surface area (Å²) in [5.41, 5.74) is 2.31. The molecule has 0 aromatic heterocycles. The summed E-state index contributed by atoms with van der Waals surface area (Å²) in [6, 6.07) is 23.3. The van der Waals surface area contributed by atoms with Crippen LogP contribution < -0.4 is 10.1 Å². The van der Waals surface area contributed by atoms with Gasteiger partial charge in [0.2, 0.25) is 0 Å². The Kier molecular flexibility index (Phi) is 6.55. The summed E-state index contributed by atoms with van der Waals surface area (Å²) in [4.78, 5) is 12.3. The first kappa shape index (κ1) is 20.3. The van der Waals surface area contributed by atoms with Gasteiger partial charge in [0.05, 0.1) is 11.6 Å². The molecule has 1 amide bonds. The lowest BCUT2D eigenvalue weighted by Crippen LogP contribution is -2.13. The summed E-state index contributed by atoms with van der Waals surface area (Å²) < 4.78 is 18.7. The van der Waals surface area contributed by atoms with Crippen molar-refractivity contribution >= 4 is 17.7 Å².